The van der Waals surface area contributed by atoms with Gasteiger partial charge in [0.15, 0.2) is 11.5 Å². The first-order valence-corrected chi connectivity index (χ1v) is 7.71. The molecule has 0 aromatic heterocycles. The van der Waals surface area contributed by atoms with Crippen molar-refractivity contribution < 1.29 is 13.7 Å². The van der Waals surface area contributed by atoms with Crippen LogP contribution in [0.15, 0.2) is 18.2 Å². The fourth-order valence-electron chi connectivity index (χ4n) is 1.82. The van der Waals surface area contributed by atoms with Gasteiger partial charge in [-0.2, -0.15) is 0 Å². The summed E-state index contributed by atoms with van der Waals surface area (Å²) in [5.41, 5.74) is 1.11. The molecule has 1 aromatic rings. The summed E-state index contributed by atoms with van der Waals surface area (Å²) in [4.78, 5) is 0. The van der Waals surface area contributed by atoms with Crippen LogP contribution in [-0.2, 0) is 17.3 Å². The van der Waals surface area contributed by atoms with E-state index in [1.807, 2.05) is 25.1 Å². The van der Waals surface area contributed by atoms with Crippen molar-refractivity contribution in [2.45, 2.75) is 25.1 Å². The number of benzene rings is 1. The van der Waals surface area contributed by atoms with Crippen molar-refractivity contribution in [3.63, 3.8) is 0 Å². The summed E-state index contributed by atoms with van der Waals surface area (Å²) in [7, 11) is -0.743. The molecule has 2 unspecified atom stereocenters. The Bertz CT molecular complexity index is 436. The first-order valence-electron chi connectivity index (χ1n) is 6.09. The van der Waals surface area contributed by atoms with E-state index in [2.05, 4.69) is 5.32 Å². The van der Waals surface area contributed by atoms with Gasteiger partial charge in [0.2, 0.25) is 6.79 Å². The number of nitrogens with one attached hydrogen (secondary N) is 1. The molecule has 2 rings (SSSR count). The summed E-state index contributed by atoms with van der Waals surface area (Å²) < 4.78 is 22.0. The van der Waals surface area contributed by atoms with Crippen LogP contribution in [0.4, 0.5) is 0 Å². The standard InChI is InChI=1S/C13H19NO3S/c1-10(18(2)15)6-7-14-8-11-4-3-5-12-13(11)17-9-16-12/h3-5,10,14H,6-9H2,1-2H3. The Kier molecular flexibility index (Phi) is 4.60. The van der Waals surface area contributed by atoms with Crippen LogP contribution < -0.4 is 14.8 Å². The highest BCUT2D eigenvalue weighted by molar-refractivity contribution is 7.84. The van der Waals surface area contributed by atoms with Crippen LogP contribution in [0.1, 0.15) is 18.9 Å². The zero-order valence-corrected chi connectivity index (χ0v) is 11.6. The molecule has 1 aromatic carbocycles. The molecule has 0 amide bonds. The van der Waals surface area contributed by atoms with E-state index in [1.54, 1.807) is 6.26 Å². The molecule has 1 N–H and O–H groups in total. The number of fused-ring (bicyclic) bond motifs is 1. The lowest BCUT2D eigenvalue weighted by atomic mass is 10.2. The van der Waals surface area contributed by atoms with Crippen molar-refractivity contribution in [3.8, 4) is 11.5 Å². The van der Waals surface area contributed by atoms with Crippen LogP contribution in [0, 0.1) is 0 Å². The average molecular weight is 269 g/mol. The molecule has 1 aliphatic heterocycles. The third-order valence-corrected chi connectivity index (χ3v) is 4.46. The van der Waals surface area contributed by atoms with E-state index < -0.39 is 10.8 Å². The molecule has 0 spiro atoms. The maximum atomic E-state index is 11.2. The van der Waals surface area contributed by atoms with Crippen molar-refractivity contribution in [1.82, 2.24) is 5.32 Å². The molecule has 0 fully saturated rings. The molecule has 1 heterocycles. The van der Waals surface area contributed by atoms with E-state index in [1.165, 1.54) is 0 Å². The largest absolute Gasteiger partial charge is 0.454 e. The van der Waals surface area contributed by atoms with Crippen molar-refractivity contribution in [1.29, 1.82) is 0 Å². The van der Waals surface area contributed by atoms with Gasteiger partial charge in [-0.15, -0.1) is 0 Å². The van der Waals surface area contributed by atoms with Crippen LogP contribution in [0.5, 0.6) is 11.5 Å². The Hall–Kier alpha value is -1.07. The summed E-state index contributed by atoms with van der Waals surface area (Å²) in [5.74, 6) is 1.66. The van der Waals surface area contributed by atoms with E-state index in [0.717, 1.165) is 36.6 Å². The van der Waals surface area contributed by atoms with Gasteiger partial charge in [-0.3, -0.25) is 4.21 Å². The van der Waals surface area contributed by atoms with Gasteiger partial charge < -0.3 is 14.8 Å². The minimum absolute atomic E-state index is 0.235. The molecule has 18 heavy (non-hydrogen) atoms. The van der Waals surface area contributed by atoms with E-state index in [4.69, 9.17) is 9.47 Å². The zero-order valence-electron chi connectivity index (χ0n) is 10.8. The van der Waals surface area contributed by atoms with Gasteiger partial charge in [-0.1, -0.05) is 19.1 Å². The predicted molar refractivity (Wildman–Crippen MR) is 72.4 cm³/mol. The highest BCUT2D eigenvalue weighted by atomic mass is 32.2. The van der Waals surface area contributed by atoms with E-state index in [-0.39, 0.29) is 5.25 Å². The van der Waals surface area contributed by atoms with E-state index in [9.17, 15) is 4.21 Å². The van der Waals surface area contributed by atoms with Crippen molar-refractivity contribution in [3.05, 3.63) is 23.8 Å². The van der Waals surface area contributed by atoms with Gasteiger partial charge in [-0.25, -0.2) is 0 Å². The third kappa shape index (κ3) is 3.23. The molecule has 0 saturated heterocycles. The van der Waals surface area contributed by atoms with Gasteiger partial charge in [0.25, 0.3) is 0 Å². The van der Waals surface area contributed by atoms with Crippen LogP contribution in [0.3, 0.4) is 0 Å². The van der Waals surface area contributed by atoms with E-state index in [0.29, 0.717) is 6.79 Å². The fraction of sp³-hybridized carbons (Fsp3) is 0.538. The number of ether oxygens (including phenoxy) is 2. The minimum Gasteiger partial charge on any atom is -0.454 e. The molecule has 2 atom stereocenters. The second-order valence-corrected chi connectivity index (χ2v) is 6.23. The SMILES string of the molecule is CC(CCNCc1cccc2c1OCO2)S(C)=O. The summed E-state index contributed by atoms with van der Waals surface area (Å²) in [6.07, 6.45) is 2.66. The fourth-order valence-corrected chi connectivity index (χ4v) is 2.27. The molecule has 0 radical (unpaired) electrons. The molecule has 100 valence electrons. The number of hydrogen-bond donors (Lipinski definition) is 1. The summed E-state index contributed by atoms with van der Waals surface area (Å²) in [5, 5.41) is 3.58. The van der Waals surface area contributed by atoms with Gasteiger partial charge in [-0.05, 0) is 19.0 Å². The third-order valence-electron chi connectivity index (χ3n) is 3.09. The van der Waals surface area contributed by atoms with Crippen LogP contribution in [-0.4, -0.2) is 29.1 Å². The van der Waals surface area contributed by atoms with Gasteiger partial charge >= 0.3 is 0 Å². The molecular weight excluding hydrogens is 250 g/mol. The topological polar surface area (TPSA) is 47.6 Å². The summed E-state index contributed by atoms with van der Waals surface area (Å²) >= 11 is 0. The maximum Gasteiger partial charge on any atom is 0.231 e. The van der Waals surface area contributed by atoms with Gasteiger partial charge in [0, 0.05) is 34.4 Å². The molecular formula is C13H19NO3S. The lowest BCUT2D eigenvalue weighted by molar-refractivity contribution is 0.173. The molecule has 1 aliphatic rings. The number of rotatable bonds is 6. The Morgan fingerprint density at radius 1 is 1.44 bits per heavy atom. The highest BCUT2D eigenvalue weighted by Crippen LogP contribution is 2.35. The highest BCUT2D eigenvalue weighted by Gasteiger charge is 2.16. The lowest BCUT2D eigenvalue weighted by Gasteiger charge is -2.10. The quantitative estimate of drug-likeness (QED) is 0.798. The lowest BCUT2D eigenvalue weighted by Crippen LogP contribution is -2.21. The van der Waals surface area contributed by atoms with Crippen molar-refractivity contribution in [2.75, 3.05) is 19.6 Å². The van der Waals surface area contributed by atoms with Crippen molar-refractivity contribution in [2.24, 2.45) is 0 Å². The summed E-state index contributed by atoms with van der Waals surface area (Å²) in [6, 6.07) is 5.91. The molecule has 5 heteroatoms. The normalized spacial score (nSPS) is 16.6. The predicted octanol–water partition coefficient (Wildman–Crippen LogP) is 1.66. The Labute approximate surface area is 110 Å². The molecule has 0 aliphatic carbocycles. The monoisotopic (exact) mass is 269 g/mol. The van der Waals surface area contributed by atoms with Crippen LogP contribution in [0.2, 0.25) is 0 Å². The Balaban J connectivity index is 1.81. The summed E-state index contributed by atoms with van der Waals surface area (Å²) in [6.45, 7) is 3.91. The molecule has 0 saturated carbocycles. The van der Waals surface area contributed by atoms with Crippen LogP contribution >= 0.6 is 0 Å². The van der Waals surface area contributed by atoms with E-state index >= 15 is 0 Å². The van der Waals surface area contributed by atoms with Crippen molar-refractivity contribution >= 4 is 10.8 Å². The Morgan fingerprint density at radius 2 is 2.28 bits per heavy atom. The average Bonchev–Trinajstić information content (AvgIpc) is 2.83. The smallest absolute Gasteiger partial charge is 0.231 e. The first-order chi connectivity index (χ1) is 8.68. The Morgan fingerprint density at radius 3 is 3.06 bits per heavy atom. The number of hydrogen-bond acceptors (Lipinski definition) is 4. The molecule has 0 bridgehead atoms. The minimum atomic E-state index is -0.743. The van der Waals surface area contributed by atoms with Crippen LogP contribution in [0.25, 0.3) is 0 Å². The second kappa shape index (κ2) is 6.20. The zero-order chi connectivity index (χ0) is 13.0. The van der Waals surface area contributed by atoms with Gasteiger partial charge in [0.05, 0.1) is 0 Å². The van der Waals surface area contributed by atoms with Gasteiger partial charge in [0.1, 0.15) is 0 Å². The first kappa shape index (κ1) is 13.4. The molecule has 4 nitrogen and oxygen atoms in total. The maximum absolute atomic E-state index is 11.2. The second-order valence-electron chi connectivity index (χ2n) is 4.43. The number of para-hydroxylation sites is 1.